The quantitative estimate of drug-likeness (QED) is 0.688. The van der Waals surface area contributed by atoms with Crippen molar-refractivity contribution in [2.75, 3.05) is 7.11 Å². The molecule has 1 rings (SSSR count). The largest absolute Gasteiger partial charge is 0.468 e. The van der Waals surface area contributed by atoms with Crippen LogP contribution in [0.25, 0.3) is 0 Å². The summed E-state index contributed by atoms with van der Waals surface area (Å²) >= 11 is 0. The van der Waals surface area contributed by atoms with Crippen molar-refractivity contribution in [3.8, 4) is 0 Å². The molecule has 84 valence electrons. The van der Waals surface area contributed by atoms with Crippen LogP contribution < -0.4 is 5.32 Å². The van der Waals surface area contributed by atoms with Gasteiger partial charge in [0.15, 0.2) is 0 Å². The summed E-state index contributed by atoms with van der Waals surface area (Å²) in [4.78, 5) is 11.2. The van der Waals surface area contributed by atoms with Crippen molar-refractivity contribution in [1.82, 2.24) is 5.32 Å². The van der Waals surface area contributed by atoms with Gasteiger partial charge >= 0.3 is 5.97 Å². The second-order valence-corrected chi connectivity index (χ2v) is 3.20. The summed E-state index contributed by atoms with van der Waals surface area (Å²) < 4.78 is 9.63. The second kappa shape index (κ2) is 5.53. The van der Waals surface area contributed by atoms with Crippen molar-refractivity contribution in [2.24, 2.45) is 0 Å². The van der Waals surface area contributed by atoms with Gasteiger partial charge in [0.2, 0.25) is 0 Å². The fraction of sp³-hybridized carbons (Fsp3) is 0.500. The Labute approximate surface area is 88.0 Å². The number of furan rings is 1. The summed E-state index contributed by atoms with van der Waals surface area (Å²) in [6, 6.07) is 2.80. The Morgan fingerprint density at radius 2 is 2.47 bits per heavy atom. The van der Waals surface area contributed by atoms with E-state index in [-0.39, 0.29) is 0 Å². The molecule has 5 nitrogen and oxygen atoms in total. The summed E-state index contributed by atoms with van der Waals surface area (Å²) in [6.07, 6.45) is 0.736. The van der Waals surface area contributed by atoms with Gasteiger partial charge in [0.1, 0.15) is 11.8 Å². The lowest BCUT2D eigenvalue weighted by molar-refractivity contribution is -0.145. The number of rotatable bonds is 5. The molecule has 0 saturated carbocycles. The number of ether oxygens (including phenoxy) is 1. The number of esters is 1. The smallest absolute Gasteiger partial charge is 0.325 e. The average molecular weight is 213 g/mol. The molecule has 0 fully saturated rings. The minimum atomic E-state index is -0.813. The van der Waals surface area contributed by atoms with Gasteiger partial charge in [-0.25, -0.2) is 0 Å². The fourth-order valence-electron chi connectivity index (χ4n) is 1.20. The van der Waals surface area contributed by atoms with E-state index >= 15 is 0 Å². The molecule has 0 aliphatic heterocycles. The molecule has 0 radical (unpaired) electrons. The van der Waals surface area contributed by atoms with Crippen molar-refractivity contribution in [2.45, 2.75) is 25.6 Å². The van der Waals surface area contributed by atoms with Crippen molar-refractivity contribution in [3.05, 3.63) is 24.2 Å². The zero-order chi connectivity index (χ0) is 11.3. The predicted molar refractivity (Wildman–Crippen MR) is 53.0 cm³/mol. The lowest BCUT2D eigenvalue weighted by Gasteiger charge is -2.18. The number of hydrogen-bond acceptors (Lipinski definition) is 5. The summed E-state index contributed by atoms with van der Waals surface area (Å²) in [5, 5.41) is 12.2. The molecule has 2 unspecified atom stereocenters. The third-order valence-electron chi connectivity index (χ3n) is 2.01. The van der Waals surface area contributed by atoms with Gasteiger partial charge in [-0.05, 0) is 19.1 Å². The highest BCUT2D eigenvalue weighted by molar-refractivity contribution is 5.76. The molecule has 0 aliphatic carbocycles. The molecule has 0 bridgehead atoms. The third kappa shape index (κ3) is 3.38. The van der Waals surface area contributed by atoms with Gasteiger partial charge in [0.05, 0.1) is 26.0 Å². The normalized spacial score (nSPS) is 14.6. The number of aliphatic hydroxyl groups excluding tert-OH is 1. The van der Waals surface area contributed by atoms with Crippen LogP contribution in [0.1, 0.15) is 12.7 Å². The van der Waals surface area contributed by atoms with Crippen LogP contribution in [0.5, 0.6) is 0 Å². The van der Waals surface area contributed by atoms with Gasteiger partial charge < -0.3 is 14.3 Å². The Morgan fingerprint density at radius 1 is 1.73 bits per heavy atom. The zero-order valence-corrected chi connectivity index (χ0v) is 8.77. The van der Waals surface area contributed by atoms with E-state index in [1.807, 2.05) is 0 Å². The van der Waals surface area contributed by atoms with Crippen LogP contribution in [0.2, 0.25) is 0 Å². The molecule has 0 saturated heterocycles. The lowest BCUT2D eigenvalue weighted by Crippen LogP contribution is -2.45. The van der Waals surface area contributed by atoms with Crippen molar-refractivity contribution in [1.29, 1.82) is 0 Å². The van der Waals surface area contributed by atoms with E-state index in [0.717, 1.165) is 0 Å². The Kier molecular flexibility index (Phi) is 4.33. The van der Waals surface area contributed by atoms with E-state index in [1.54, 1.807) is 18.4 Å². The maximum atomic E-state index is 11.2. The summed E-state index contributed by atoms with van der Waals surface area (Å²) in [5.41, 5.74) is 0. The van der Waals surface area contributed by atoms with Crippen LogP contribution in [0.4, 0.5) is 0 Å². The first-order chi connectivity index (χ1) is 7.15. The van der Waals surface area contributed by atoms with Crippen LogP contribution >= 0.6 is 0 Å². The SMILES string of the molecule is COC(=O)C(NCc1ccco1)C(C)O. The van der Waals surface area contributed by atoms with E-state index in [9.17, 15) is 9.90 Å². The van der Waals surface area contributed by atoms with Gasteiger partial charge in [-0.15, -0.1) is 0 Å². The van der Waals surface area contributed by atoms with E-state index in [1.165, 1.54) is 14.0 Å². The Bertz CT molecular complexity index is 294. The molecule has 0 spiro atoms. The molecule has 1 heterocycles. The standard InChI is InChI=1S/C10H15NO4/c1-7(12)9(10(13)14-2)11-6-8-4-3-5-15-8/h3-5,7,9,11-12H,6H2,1-2H3. The van der Waals surface area contributed by atoms with Gasteiger partial charge in [-0.1, -0.05) is 0 Å². The Hall–Kier alpha value is -1.33. The molecule has 1 aromatic rings. The number of hydrogen-bond donors (Lipinski definition) is 2. The number of aliphatic hydroxyl groups is 1. The van der Waals surface area contributed by atoms with Gasteiger partial charge in [0, 0.05) is 0 Å². The van der Waals surface area contributed by atoms with Crippen LogP contribution in [0, 0.1) is 0 Å². The van der Waals surface area contributed by atoms with E-state index in [2.05, 4.69) is 10.1 Å². The molecule has 1 aromatic heterocycles. The number of nitrogens with one attached hydrogen (secondary N) is 1. The second-order valence-electron chi connectivity index (χ2n) is 3.20. The number of methoxy groups -OCH3 is 1. The molecule has 2 N–H and O–H groups in total. The monoisotopic (exact) mass is 213 g/mol. The highest BCUT2D eigenvalue weighted by Crippen LogP contribution is 2.02. The van der Waals surface area contributed by atoms with Crippen LogP contribution in [-0.2, 0) is 16.1 Å². The number of carbonyl (C=O) groups is 1. The predicted octanol–water partition coefficient (Wildman–Crippen LogP) is 0.292. The summed E-state index contributed by atoms with van der Waals surface area (Å²) in [7, 11) is 1.28. The van der Waals surface area contributed by atoms with Crippen LogP contribution in [0.3, 0.4) is 0 Å². The first-order valence-electron chi connectivity index (χ1n) is 4.67. The average Bonchev–Trinajstić information content (AvgIpc) is 2.70. The minimum Gasteiger partial charge on any atom is -0.468 e. The Morgan fingerprint density at radius 3 is 2.93 bits per heavy atom. The minimum absolute atomic E-state index is 0.373. The van der Waals surface area contributed by atoms with Crippen molar-refractivity contribution >= 4 is 5.97 Å². The van der Waals surface area contributed by atoms with Crippen LogP contribution in [-0.4, -0.2) is 30.3 Å². The summed E-state index contributed by atoms with van der Waals surface area (Å²) in [6.45, 7) is 1.90. The van der Waals surface area contributed by atoms with Gasteiger partial charge in [0.25, 0.3) is 0 Å². The summed E-state index contributed by atoms with van der Waals surface area (Å²) in [5.74, 6) is 0.209. The maximum absolute atomic E-state index is 11.2. The molecule has 5 heteroatoms. The highest BCUT2D eigenvalue weighted by Gasteiger charge is 2.23. The van der Waals surface area contributed by atoms with Crippen molar-refractivity contribution < 1.29 is 19.1 Å². The fourth-order valence-corrected chi connectivity index (χ4v) is 1.20. The maximum Gasteiger partial charge on any atom is 0.325 e. The molecule has 15 heavy (non-hydrogen) atoms. The zero-order valence-electron chi connectivity index (χ0n) is 8.77. The first-order valence-corrected chi connectivity index (χ1v) is 4.67. The molecular formula is C10H15NO4. The van der Waals surface area contributed by atoms with Crippen LogP contribution in [0.15, 0.2) is 22.8 Å². The van der Waals surface area contributed by atoms with E-state index in [4.69, 9.17) is 4.42 Å². The molecule has 0 aliphatic rings. The molecule has 2 atom stereocenters. The van der Waals surface area contributed by atoms with E-state index < -0.39 is 18.1 Å². The first kappa shape index (κ1) is 11.7. The highest BCUT2D eigenvalue weighted by atomic mass is 16.5. The molecule has 0 aromatic carbocycles. The van der Waals surface area contributed by atoms with Crippen molar-refractivity contribution in [3.63, 3.8) is 0 Å². The Balaban J connectivity index is 2.49. The van der Waals surface area contributed by atoms with E-state index in [0.29, 0.717) is 12.3 Å². The molecular weight excluding hydrogens is 198 g/mol. The van der Waals surface area contributed by atoms with Gasteiger partial charge in [-0.3, -0.25) is 10.1 Å². The topological polar surface area (TPSA) is 71.7 Å². The number of carbonyl (C=O) groups excluding carboxylic acids is 1. The third-order valence-corrected chi connectivity index (χ3v) is 2.01. The lowest BCUT2D eigenvalue weighted by atomic mass is 10.2. The van der Waals surface area contributed by atoms with Gasteiger partial charge in [-0.2, -0.15) is 0 Å². The molecule has 0 amide bonds.